The third kappa shape index (κ3) is 3.05. The van der Waals surface area contributed by atoms with E-state index in [-0.39, 0.29) is 11.9 Å². The second-order valence-electron chi connectivity index (χ2n) is 5.36. The van der Waals surface area contributed by atoms with Gasteiger partial charge in [0.15, 0.2) is 0 Å². The Hall–Kier alpha value is -2.36. The van der Waals surface area contributed by atoms with Gasteiger partial charge in [-0.2, -0.15) is 0 Å². The minimum absolute atomic E-state index is 0.0953. The van der Waals surface area contributed by atoms with E-state index >= 15 is 0 Å². The lowest BCUT2D eigenvalue weighted by Gasteiger charge is -2.25. The van der Waals surface area contributed by atoms with Crippen molar-refractivity contribution in [1.82, 2.24) is 10.3 Å². The van der Waals surface area contributed by atoms with Crippen LogP contribution in [0.3, 0.4) is 0 Å². The Morgan fingerprint density at radius 1 is 1.19 bits per heavy atom. The fourth-order valence-electron chi connectivity index (χ4n) is 2.76. The second kappa shape index (κ2) is 5.95. The van der Waals surface area contributed by atoms with Gasteiger partial charge in [0.1, 0.15) is 5.69 Å². The Balaban J connectivity index is 1.65. The summed E-state index contributed by atoms with van der Waals surface area (Å²) in [7, 11) is 1.83. The van der Waals surface area contributed by atoms with Crippen molar-refractivity contribution < 1.29 is 4.79 Å². The smallest absolute Gasteiger partial charge is 0.270 e. The van der Waals surface area contributed by atoms with Crippen molar-refractivity contribution in [2.45, 2.75) is 25.3 Å². The predicted octanol–water partition coefficient (Wildman–Crippen LogP) is 2.41. The highest BCUT2D eigenvalue weighted by Crippen LogP contribution is 2.21. The molecule has 0 radical (unpaired) electrons. The summed E-state index contributed by atoms with van der Waals surface area (Å²) >= 11 is 0. The van der Waals surface area contributed by atoms with Crippen molar-refractivity contribution in [3.8, 4) is 0 Å². The van der Waals surface area contributed by atoms with E-state index < -0.39 is 0 Å². The molecular formula is C17H19N3O. The number of hydrogen-bond acceptors (Lipinski definition) is 3. The number of nitrogens with one attached hydrogen (secondary N) is 2. The van der Waals surface area contributed by atoms with E-state index in [9.17, 15) is 4.79 Å². The predicted molar refractivity (Wildman–Crippen MR) is 83.5 cm³/mol. The van der Waals surface area contributed by atoms with Gasteiger partial charge >= 0.3 is 0 Å². The van der Waals surface area contributed by atoms with E-state index in [0.29, 0.717) is 5.69 Å². The molecule has 1 amide bonds. The van der Waals surface area contributed by atoms with Crippen LogP contribution in [0.1, 0.15) is 28.0 Å². The molecule has 2 N–H and O–H groups in total. The molecule has 1 aliphatic carbocycles. The normalized spacial score (nSPS) is 16.9. The molecule has 2 aromatic rings. The minimum atomic E-state index is -0.0953. The molecule has 0 aliphatic heterocycles. The van der Waals surface area contributed by atoms with Crippen molar-refractivity contribution in [2.24, 2.45) is 0 Å². The first-order valence-electron chi connectivity index (χ1n) is 7.27. The highest BCUT2D eigenvalue weighted by Gasteiger charge is 2.20. The van der Waals surface area contributed by atoms with Gasteiger partial charge in [-0.25, -0.2) is 4.98 Å². The summed E-state index contributed by atoms with van der Waals surface area (Å²) < 4.78 is 0. The Labute approximate surface area is 124 Å². The van der Waals surface area contributed by atoms with Crippen LogP contribution in [0.2, 0.25) is 0 Å². The summed E-state index contributed by atoms with van der Waals surface area (Å²) in [5.41, 5.74) is 4.11. The van der Waals surface area contributed by atoms with Gasteiger partial charge in [-0.15, -0.1) is 0 Å². The number of aromatic nitrogens is 1. The zero-order valence-electron chi connectivity index (χ0n) is 12.1. The van der Waals surface area contributed by atoms with Gasteiger partial charge in [0.25, 0.3) is 5.91 Å². The van der Waals surface area contributed by atoms with Crippen LogP contribution in [0.25, 0.3) is 0 Å². The number of anilines is 1. The molecule has 4 nitrogen and oxygen atoms in total. The summed E-state index contributed by atoms with van der Waals surface area (Å²) in [5, 5.41) is 6.08. The summed E-state index contributed by atoms with van der Waals surface area (Å²) in [6.07, 6.45) is 4.58. The van der Waals surface area contributed by atoms with Crippen molar-refractivity contribution in [3.63, 3.8) is 0 Å². The largest absolute Gasteiger partial charge is 0.387 e. The van der Waals surface area contributed by atoms with Gasteiger partial charge in [-0.1, -0.05) is 24.3 Å². The Morgan fingerprint density at radius 3 is 2.71 bits per heavy atom. The lowest BCUT2D eigenvalue weighted by molar-refractivity contribution is 0.0928. The molecule has 1 atom stereocenters. The molecule has 1 aliphatic rings. The number of rotatable bonds is 3. The van der Waals surface area contributed by atoms with Crippen LogP contribution in [0.5, 0.6) is 0 Å². The number of carbonyl (C=O) groups is 1. The SMILES string of the molecule is CNc1ccc(C(=O)NC2CCc3ccccc3C2)nc1. The molecule has 1 heterocycles. The van der Waals surface area contributed by atoms with Gasteiger partial charge in [-0.05, 0) is 42.5 Å². The summed E-state index contributed by atoms with van der Waals surface area (Å²) in [6, 6.07) is 12.2. The van der Waals surface area contributed by atoms with Crippen molar-refractivity contribution in [1.29, 1.82) is 0 Å². The molecule has 1 aromatic heterocycles. The fourth-order valence-corrected chi connectivity index (χ4v) is 2.76. The molecule has 1 aromatic carbocycles. The summed E-state index contributed by atoms with van der Waals surface area (Å²) in [6.45, 7) is 0. The van der Waals surface area contributed by atoms with Crippen LogP contribution in [0.4, 0.5) is 5.69 Å². The number of hydrogen-bond donors (Lipinski definition) is 2. The minimum Gasteiger partial charge on any atom is -0.387 e. The number of carbonyl (C=O) groups excluding carboxylic acids is 1. The van der Waals surface area contributed by atoms with Crippen LogP contribution < -0.4 is 10.6 Å². The second-order valence-corrected chi connectivity index (χ2v) is 5.36. The number of benzene rings is 1. The van der Waals surface area contributed by atoms with E-state index in [1.807, 2.05) is 13.1 Å². The number of aryl methyl sites for hydroxylation is 1. The number of pyridine rings is 1. The topological polar surface area (TPSA) is 54.0 Å². The maximum Gasteiger partial charge on any atom is 0.270 e. The monoisotopic (exact) mass is 281 g/mol. The lowest BCUT2D eigenvalue weighted by atomic mass is 9.88. The van der Waals surface area contributed by atoms with Gasteiger partial charge in [-0.3, -0.25) is 4.79 Å². The molecule has 1 unspecified atom stereocenters. The molecule has 0 saturated carbocycles. The average molecular weight is 281 g/mol. The average Bonchev–Trinajstić information content (AvgIpc) is 2.55. The van der Waals surface area contributed by atoms with E-state index in [4.69, 9.17) is 0 Å². The molecule has 0 spiro atoms. The van der Waals surface area contributed by atoms with E-state index in [0.717, 1.165) is 24.9 Å². The van der Waals surface area contributed by atoms with Crippen molar-refractivity contribution in [3.05, 3.63) is 59.4 Å². The van der Waals surface area contributed by atoms with E-state index in [1.54, 1.807) is 12.3 Å². The Morgan fingerprint density at radius 2 is 2.00 bits per heavy atom. The number of amides is 1. The maximum atomic E-state index is 12.2. The van der Waals surface area contributed by atoms with Gasteiger partial charge in [0.05, 0.1) is 11.9 Å². The van der Waals surface area contributed by atoms with Crippen molar-refractivity contribution >= 4 is 11.6 Å². The molecule has 108 valence electrons. The molecular weight excluding hydrogens is 262 g/mol. The first-order valence-corrected chi connectivity index (χ1v) is 7.27. The molecule has 3 rings (SSSR count). The number of nitrogens with zero attached hydrogens (tertiary/aromatic N) is 1. The first-order chi connectivity index (χ1) is 10.3. The highest BCUT2D eigenvalue weighted by molar-refractivity contribution is 5.92. The van der Waals surface area contributed by atoms with Gasteiger partial charge < -0.3 is 10.6 Å². The summed E-state index contributed by atoms with van der Waals surface area (Å²) in [4.78, 5) is 16.4. The van der Waals surface area contributed by atoms with Crippen LogP contribution in [-0.4, -0.2) is 24.0 Å². The van der Waals surface area contributed by atoms with Gasteiger partial charge in [0, 0.05) is 13.1 Å². The molecule has 0 fully saturated rings. The fraction of sp³-hybridized carbons (Fsp3) is 0.294. The van der Waals surface area contributed by atoms with E-state index in [2.05, 4.69) is 39.9 Å². The third-order valence-electron chi connectivity index (χ3n) is 3.97. The maximum absolute atomic E-state index is 12.2. The molecule has 4 heteroatoms. The van der Waals surface area contributed by atoms with Crippen LogP contribution in [0.15, 0.2) is 42.6 Å². The van der Waals surface area contributed by atoms with Crippen molar-refractivity contribution in [2.75, 3.05) is 12.4 Å². The third-order valence-corrected chi connectivity index (χ3v) is 3.97. The summed E-state index contributed by atoms with van der Waals surface area (Å²) in [5.74, 6) is -0.0953. The molecule has 0 saturated heterocycles. The van der Waals surface area contributed by atoms with Crippen LogP contribution in [0, 0.1) is 0 Å². The lowest BCUT2D eigenvalue weighted by Crippen LogP contribution is -2.39. The zero-order valence-corrected chi connectivity index (χ0v) is 12.1. The number of fused-ring (bicyclic) bond motifs is 1. The van der Waals surface area contributed by atoms with Crippen LogP contribution >= 0.6 is 0 Å². The highest BCUT2D eigenvalue weighted by atomic mass is 16.1. The standard InChI is InChI=1S/C17H19N3O/c1-18-15-8-9-16(19-11-15)17(21)20-14-7-6-12-4-2-3-5-13(12)10-14/h2-5,8-9,11,14,18H,6-7,10H2,1H3,(H,20,21). The Bertz CT molecular complexity index is 637. The van der Waals surface area contributed by atoms with Gasteiger partial charge in [0.2, 0.25) is 0 Å². The zero-order chi connectivity index (χ0) is 14.7. The molecule has 0 bridgehead atoms. The Kier molecular flexibility index (Phi) is 3.86. The van der Waals surface area contributed by atoms with E-state index in [1.165, 1.54) is 11.1 Å². The quantitative estimate of drug-likeness (QED) is 0.908. The van der Waals surface area contributed by atoms with Crippen LogP contribution in [-0.2, 0) is 12.8 Å². The first kappa shape index (κ1) is 13.6. The molecule has 21 heavy (non-hydrogen) atoms.